The van der Waals surface area contributed by atoms with Gasteiger partial charge in [0.25, 0.3) is 11.8 Å². The third kappa shape index (κ3) is 4.65. The third-order valence-electron chi connectivity index (χ3n) is 3.86. The standard InChI is InChI=1S/C19H23N3O2/c1-4-13(3)21-18(23)15-10-11-20-17(12-15)19(24)22-16-8-6-14(5-2)7-9-16/h6-13H,4-5H2,1-3H3,(H,21,23)(H,22,24). The van der Waals surface area contributed by atoms with E-state index in [2.05, 4.69) is 22.5 Å². The highest BCUT2D eigenvalue weighted by Gasteiger charge is 2.13. The van der Waals surface area contributed by atoms with Gasteiger partial charge in [0.1, 0.15) is 5.69 Å². The average molecular weight is 325 g/mol. The van der Waals surface area contributed by atoms with Gasteiger partial charge < -0.3 is 10.6 Å². The SMILES string of the molecule is CCc1ccc(NC(=O)c2cc(C(=O)NC(C)CC)ccn2)cc1. The van der Waals surface area contributed by atoms with Crippen molar-refractivity contribution in [1.82, 2.24) is 10.3 Å². The number of amides is 2. The lowest BCUT2D eigenvalue weighted by Gasteiger charge is -2.11. The van der Waals surface area contributed by atoms with Crippen LogP contribution in [0.1, 0.15) is 53.6 Å². The van der Waals surface area contributed by atoms with Gasteiger partial charge in [0.15, 0.2) is 0 Å². The summed E-state index contributed by atoms with van der Waals surface area (Å²) in [7, 11) is 0. The van der Waals surface area contributed by atoms with E-state index in [0.717, 1.165) is 12.8 Å². The molecule has 1 heterocycles. The molecule has 0 aliphatic carbocycles. The Hall–Kier alpha value is -2.69. The van der Waals surface area contributed by atoms with Crippen molar-refractivity contribution < 1.29 is 9.59 Å². The van der Waals surface area contributed by atoms with E-state index in [1.807, 2.05) is 38.1 Å². The number of hydrogen-bond donors (Lipinski definition) is 2. The van der Waals surface area contributed by atoms with Crippen molar-refractivity contribution in [2.24, 2.45) is 0 Å². The number of carbonyl (C=O) groups is 2. The lowest BCUT2D eigenvalue weighted by Crippen LogP contribution is -2.32. The zero-order chi connectivity index (χ0) is 17.5. The maximum absolute atomic E-state index is 12.3. The number of hydrogen-bond acceptors (Lipinski definition) is 3. The molecule has 0 fully saturated rings. The van der Waals surface area contributed by atoms with E-state index >= 15 is 0 Å². The number of anilines is 1. The Bertz CT molecular complexity index is 711. The molecule has 1 aromatic carbocycles. The maximum Gasteiger partial charge on any atom is 0.274 e. The summed E-state index contributed by atoms with van der Waals surface area (Å²) >= 11 is 0. The summed E-state index contributed by atoms with van der Waals surface area (Å²) < 4.78 is 0. The summed E-state index contributed by atoms with van der Waals surface area (Å²) in [5.41, 5.74) is 2.55. The number of pyridine rings is 1. The number of nitrogens with one attached hydrogen (secondary N) is 2. The van der Waals surface area contributed by atoms with E-state index in [1.165, 1.54) is 17.8 Å². The van der Waals surface area contributed by atoms with Gasteiger partial charge in [-0.15, -0.1) is 0 Å². The topological polar surface area (TPSA) is 71.1 Å². The fraction of sp³-hybridized carbons (Fsp3) is 0.316. The van der Waals surface area contributed by atoms with Crippen molar-refractivity contribution in [3.63, 3.8) is 0 Å². The molecule has 0 saturated heterocycles. The molecule has 2 rings (SSSR count). The van der Waals surface area contributed by atoms with Crippen LogP contribution in [0.15, 0.2) is 42.6 Å². The predicted molar refractivity (Wildman–Crippen MR) is 95.2 cm³/mol. The van der Waals surface area contributed by atoms with Gasteiger partial charge in [-0.1, -0.05) is 26.0 Å². The predicted octanol–water partition coefficient (Wildman–Crippen LogP) is 3.42. The van der Waals surface area contributed by atoms with E-state index in [4.69, 9.17) is 0 Å². The van der Waals surface area contributed by atoms with Gasteiger partial charge in [0.05, 0.1) is 0 Å². The second kappa shape index (κ2) is 8.24. The lowest BCUT2D eigenvalue weighted by atomic mass is 10.1. The lowest BCUT2D eigenvalue weighted by molar-refractivity contribution is 0.0939. The first-order valence-electron chi connectivity index (χ1n) is 8.20. The van der Waals surface area contributed by atoms with Crippen LogP contribution in [0.4, 0.5) is 5.69 Å². The molecule has 5 heteroatoms. The van der Waals surface area contributed by atoms with Crippen molar-refractivity contribution in [3.8, 4) is 0 Å². The van der Waals surface area contributed by atoms with Crippen LogP contribution in [0.3, 0.4) is 0 Å². The van der Waals surface area contributed by atoms with Gasteiger partial charge in [-0.25, -0.2) is 0 Å². The highest BCUT2D eigenvalue weighted by molar-refractivity contribution is 6.04. The molecule has 0 aliphatic heterocycles. The van der Waals surface area contributed by atoms with E-state index in [-0.39, 0.29) is 23.6 Å². The second-order valence-corrected chi connectivity index (χ2v) is 5.72. The average Bonchev–Trinajstić information content (AvgIpc) is 2.62. The van der Waals surface area contributed by atoms with Gasteiger partial charge in [0.2, 0.25) is 0 Å². The molecule has 5 nitrogen and oxygen atoms in total. The molecule has 1 aromatic heterocycles. The smallest absolute Gasteiger partial charge is 0.274 e. The highest BCUT2D eigenvalue weighted by Crippen LogP contribution is 2.12. The molecule has 0 spiro atoms. The molecule has 126 valence electrons. The Morgan fingerprint density at radius 2 is 1.79 bits per heavy atom. The summed E-state index contributed by atoms with van der Waals surface area (Å²) in [4.78, 5) is 28.5. The quantitative estimate of drug-likeness (QED) is 0.855. The minimum Gasteiger partial charge on any atom is -0.350 e. The fourth-order valence-corrected chi connectivity index (χ4v) is 2.12. The summed E-state index contributed by atoms with van der Waals surface area (Å²) in [6, 6.07) is 10.8. The molecule has 0 radical (unpaired) electrons. The zero-order valence-corrected chi connectivity index (χ0v) is 14.3. The largest absolute Gasteiger partial charge is 0.350 e. The van der Waals surface area contributed by atoms with Crippen molar-refractivity contribution >= 4 is 17.5 Å². The summed E-state index contributed by atoms with van der Waals surface area (Å²) in [5.74, 6) is -0.537. The number of aromatic nitrogens is 1. The summed E-state index contributed by atoms with van der Waals surface area (Å²) in [6.45, 7) is 6.01. The van der Waals surface area contributed by atoms with Gasteiger partial charge in [0, 0.05) is 23.5 Å². The fourth-order valence-electron chi connectivity index (χ4n) is 2.12. The van der Waals surface area contributed by atoms with E-state index < -0.39 is 0 Å². The normalized spacial score (nSPS) is 11.6. The van der Waals surface area contributed by atoms with Crippen LogP contribution >= 0.6 is 0 Å². The van der Waals surface area contributed by atoms with Crippen molar-refractivity contribution in [2.45, 2.75) is 39.7 Å². The first-order valence-corrected chi connectivity index (χ1v) is 8.20. The molecule has 1 unspecified atom stereocenters. The number of rotatable bonds is 6. The maximum atomic E-state index is 12.3. The first kappa shape index (κ1) is 17.7. The Morgan fingerprint density at radius 3 is 2.42 bits per heavy atom. The number of nitrogens with zero attached hydrogens (tertiary/aromatic N) is 1. The van der Waals surface area contributed by atoms with Crippen LogP contribution < -0.4 is 10.6 Å². The molecule has 0 aliphatic rings. The Balaban J connectivity index is 2.09. The van der Waals surface area contributed by atoms with Crippen LogP contribution in [0.5, 0.6) is 0 Å². The minimum absolute atomic E-state index is 0.0834. The van der Waals surface area contributed by atoms with Crippen molar-refractivity contribution in [1.29, 1.82) is 0 Å². The number of aryl methyl sites for hydroxylation is 1. The van der Waals surface area contributed by atoms with Gasteiger partial charge in [-0.3, -0.25) is 14.6 Å². The molecule has 2 N–H and O–H groups in total. The zero-order valence-electron chi connectivity index (χ0n) is 14.3. The van der Waals surface area contributed by atoms with Crippen LogP contribution in [0.25, 0.3) is 0 Å². The Kier molecular flexibility index (Phi) is 6.07. The van der Waals surface area contributed by atoms with Crippen molar-refractivity contribution in [3.05, 3.63) is 59.4 Å². The molecule has 24 heavy (non-hydrogen) atoms. The minimum atomic E-state index is -0.336. The van der Waals surface area contributed by atoms with E-state index in [0.29, 0.717) is 11.3 Å². The molecule has 1 atom stereocenters. The summed E-state index contributed by atoms with van der Waals surface area (Å²) in [6.07, 6.45) is 3.27. The molecule has 0 bridgehead atoms. The molecular weight excluding hydrogens is 302 g/mol. The molecule has 2 amide bonds. The highest BCUT2D eigenvalue weighted by atomic mass is 16.2. The first-order chi connectivity index (χ1) is 11.5. The monoisotopic (exact) mass is 325 g/mol. The number of benzene rings is 1. The van der Waals surface area contributed by atoms with Gasteiger partial charge >= 0.3 is 0 Å². The molecule has 2 aromatic rings. The summed E-state index contributed by atoms with van der Waals surface area (Å²) in [5, 5.41) is 5.67. The van der Waals surface area contributed by atoms with Crippen LogP contribution in [-0.4, -0.2) is 22.8 Å². The Morgan fingerprint density at radius 1 is 1.08 bits per heavy atom. The van der Waals surface area contributed by atoms with E-state index in [1.54, 1.807) is 6.07 Å². The Labute approximate surface area is 142 Å². The second-order valence-electron chi connectivity index (χ2n) is 5.72. The van der Waals surface area contributed by atoms with Crippen LogP contribution in [0.2, 0.25) is 0 Å². The van der Waals surface area contributed by atoms with Gasteiger partial charge in [-0.2, -0.15) is 0 Å². The van der Waals surface area contributed by atoms with Crippen LogP contribution in [0, 0.1) is 0 Å². The van der Waals surface area contributed by atoms with E-state index in [9.17, 15) is 9.59 Å². The van der Waals surface area contributed by atoms with Crippen molar-refractivity contribution in [2.75, 3.05) is 5.32 Å². The molecular formula is C19H23N3O2. The van der Waals surface area contributed by atoms with Gasteiger partial charge in [-0.05, 0) is 49.6 Å². The molecule has 0 saturated carbocycles. The van der Waals surface area contributed by atoms with Crippen LogP contribution in [-0.2, 0) is 6.42 Å². The third-order valence-corrected chi connectivity index (χ3v) is 3.86. The number of carbonyl (C=O) groups excluding carboxylic acids is 2.